The highest BCUT2D eigenvalue weighted by atomic mass is 35.5. The Morgan fingerprint density at radius 1 is 1.46 bits per heavy atom. The Hall–Kier alpha value is -0.240. The molecule has 1 aliphatic rings. The lowest BCUT2D eigenvalue weighted by Gasteiger charge is -2.07. The highest BCUT2D eigenvalue weighted by Gasteiger charge is 2.20. The molecule has 0 bridgehead atoms. The number of benzene rings is 1. The summed E-state index contributed by atoms with van der Waals surface area (Å²) in [6, 6.07) is 6.13. The molecule has 0 radical (unpaired) electrons. The van der Waals surface area contributed by atoms with Crippen LogP contribution in [0, 0.1) is 0 Å². The van der Waals surface area contributed by atoms with Gasteiger partial charge in [0.25, 0.3) is 0 Å². The fourth-order valence-corrected chi connectivity index (χ4v) is 2.11. The van der Waals surface area contributed by atoms with Crippen molar-refractivity contribution in [2.75, 3.05) is 6.54 Å². The largest absolute Gasteiger partial charge is 0.330 e. The van der Waals surface area contributed by atoms with E-state index in [1.165, 1.54) is 17.5 Å². The summed E-state index contributed by atoms with van der Waals surface area (Å²) in [6.07, 6.45) is 2.32. The average molecular weight is 218 g/mol. The summed E-state index contributed by atoms with van der Waals surface area (Å²) in [5, 5.41) is 0.839. The van der Waals surface area contributed by atoms with Gasteiger partial charge < -0.3 is 5.73 Å². The molecule has 1 unspecified atom stereocenters. The highest BCUT2D eigenvalue weighted by Crippen LogP contribution is 2.33. The fourth-order valence-electron chi connectivity index (χ4n) is 1.92. The third kappa shape index (κ3) is 1.98. The van der Waals surface area contributed by atoms with Crippen LogP contribution in [0.4, 0.5) is 0 Å². The number of halogens is 2. The van der Waals surface area contributed by atoms with E-state index >= 15 is 0 Å². The molecule has 13 heavy (non-hydrogen) atoms. The van der Waals surface area contributed by atoms with Crippen molar-refractivity contribution >= 4 is 24.0 Å². The molecular formula is C10H13Cl2N. The van der Waals surface area contributed by atoms with Gasteiger partial charge in [-0.1, -0.05) is 17.7 Å². The van der Waals surface area contributed by atoms with E-state index in [-0.39, 0.29) is 12.4 Å². The SMILES string of the molecule is Cl.NCC1CCc2cc(Cl)ccc21. The van der Waals surface area contributed by atoms with E-state index in [4.69, 9.17) is 17.3 Å². The molecule has 1 nitrogen and oxygen atoms in total. The molecule has 72 valence electrons. The van der Waals surface area contributed by atoms with Gasteiger partial charge in [0.05, 0.1) is 0 Å². The molecular weight excluding hydrogens is 205 g/mol. The molecule has 1 aliphatic carbocycles. The number of fused-ring (bicyclic) bond motifs is 1. The van der Waals surface area contributed by atoms with Crippen LogP contribution in [0.15, 0.2) is 18.2 Å². The molecule has 0 fully saturated rings. The van der Waals surface area contributed by atoms with Crippen molar-refractivity contribution in [2.24, 2.45) is 5.73 Å². The Morgan fingerprint density at radius 2 is 2.23 bits per heavy atom. The first-order chi connectivity index (χ1) is 5.81. The molecule has 2 rings (SSSR count). The summed E-state index contributed by atoms with van der Waals surface area (Å²) >= 11 is 5.88. The van der Waals surface area contributed by atoms with Crippen LogP contribution in [-0.2, 0) is 6.42 Å². The molecule has 0 saturated carbocycles. The summed E-state index contributed by atoms with van der Waals surface area (Å²) in [6.45, 7) is 0.759. The first kappa shape index (κ1) is 10.8. The Bertz CT molecular complexity index is 299. The van der Waals surface area contributed by atoms with Crippen molar-refractivity contribution in [3.05, 3.63) is 34.3 Å². The van der Waals surface area contributed by atoms with E-state index in [2.05, 4.69) is 12.1 Å². The van der Waals surface area contributed by atoms with Crippen LogP contribution in [0.5, 0.6) is 0 Å². The summed E-state index contributed by atoms with van der Waals surface area (Å²) in [7, 11) is 0. The van der Waals surface area contributed by atoms with Crippen LogP contribution < -0.4 is 5.73 Å². The third-order valence-corrected chi connectivity index (χ3v) is 2.83. The van der Waals surface area contributed by atoms with Gasteiger partial charge in [-0.25, -0.2) is 0 Å². The number of hydrogen-bond acceptors (Lipinski definition) is 1. The van der Waals surface area contributed by atoms with Crippen LogP contribution in [0.1, 0.15) is 23.5 Å². The van der Waals surface area contributed by atoms with E-state index in [0.29, 0.717) is 5.92 Å². The topological polar surface area (TPSA) is 26.0 Å². The smallest absolute Gasteiger partial charge is 0.0408 e. The second kappa shape index (κ2) is 4.32. The molecule has 2 N–H and O–H groups in total. The minimum atomic E-state index is 0. The molecule has 1 aromatic carbocycles. The van der Waals surface area contributed by atoms with Crippen LogP contribution >= 0.6 is 24.0 Å². The van der Waals surface area contributed by atoms with Crippen molar-refractivity contribution in [3.63, 3.8) is 0 Å². The summed E-state index contributed by atoms with van der Waals surface area (Å²) < 4.78 is 0. The Kier molecular flexibility index (Phi) is 3.60. The van der Waals surface area contributed by atoms with Gasteiger partial charge in [0.2, 0.25) is 0 Å². The number of aryl methyl sites for hydroxylation is 1. The van der Waals surface area contributed by atoms with Gasteiger partial charge in [0, 0.05) is 5.02 Å². The van der Waals surface area contributed by atoms with E-state index in [1.54, 1.807) is 0 Å². The molecule has 0 saturated heterocycles. The lowest BCUT2D eigenvalue weighted by atomic mass is 10.0. The van der Waals surface area contributed by atoms with Crippen molar-refractivity contribution < 1.29 is 0 Å². The van der Waals surface area contributed by atoms with Crippen LogP contribution in [0.25, 0.3) is 0 Å². The lowest BCUT2D eigenvalue weighted by Crippen LogP contribution is -2.08. The van der Waals surface area contributed by atoms with Crippen LogP contribution in [-0.4, -0.2) is 6.54 Å². The quantitative estimate of drug-likeness (QED) is 0.770. The molecule has 3 heteroatoms. The van der Waals surface area contributed by atoms with Gasteiger partial charge >= 0.3 is 0 Å². The van der Waals surface area contributed by atoms with Gasteiger partial charge in [-0.3, -0.25) is 0 Å². The van der Waals surface area contributed by atoms with Gasteiger partial charge in [-0.05, 0) is 48.6 Å². The molecule has 0 aromatic heterocycles. The second-order valence-electron chi connectivity index (χ2n) is 3.31. The first-order valence-electron chi connectivity index (χ1n) is 4.29. The number of rotatable bonds is 1. The molecule has 0 amide bonds. The summed E-state index contributed by atoms with van der Waals surface area (Å²) in [5.74, 6) is 0.567. The third-order valence-electron chi connectivity index (χ3n) is 2.59. The number of hydrogen-bond donors (Lipinski definition) is 1. The van der Waals surface area contributed by atoms with Crippen molar-refractivity contribution in [1.82, 2.24) is 0 Å². The van der Waals surface area contributed by atoms with Crippen LogP contribution in [0.3, 0.4) is 0 Å². The highest BCUT2D eigenvalue weighted by molar-refractivity contribution is 6.30. The summed E-state index contributed by atoms with van der Waals surface area (Å²) in [4.78, 5) is 0. The Balaban J connectivity index is 0.000000845. The standard InChI is InChI=1S/C10H12ClN.ClH/c11-9-3-4-10-7(5-9)1-2-8(10)6-12;/h3-5,8H,1-2,6,12H2;1H. The van der Waals surface area contributed by atoms with Gasteiger partial charge in [0.1, 0.15) is 0 Å². The first-order valence-corrected chi connectivity index (χ1v) is 4.67. The van der Waals surface area contributed by atoms with Gasteiger partial charge in [-0.15, -0.1) is 12.4 Å². The van der Waals surface area contributed by atoms with Crippen molar-refractivity contribution in [3.8, 4) is 0 Å². The van der Waals surface area contributed by atoms with Gasteiger partial charge in [-0.2, -0.15) is 0 Å². The molecule has 0 heterocycles. The molecule has 0 aliphatic heterocycles. The monoisotopic (exact) mass is 217 g/mol. The number of nitrogens with two attached hydrogens (primary N) is 1. The minimum absolute atomic E-state index is 0. The van der Waals surface area contributed by atoms with E-state index in [9.17, 15) is 0 Å². The fraction of sp³-hybridized carbons (Fsp3) is 0.400. The lowest BCUT2D eigenvalue weighted by molar-refractivity contribution is 0.688. The maximum atomic E-state index is 5.88. The second-order valence-corrected chi connectivity index (χ2v) is 3.75. The molecule has 0 spiro atoms. The maximum absolute atomic E-state index is 5.88. The molecule has 1 atom stereocenters. The van der Waals surface area contributed by atoms with Crippen molar-refractivity contribution in [1.29, 1.82) is 0 Å². The predicted molar refractivity (Wildman–Crippen MR) is 58.8 cm³/mol. The maximum Gasteiger partial charge on any atom is 0.0408 e. The molecule has 1 aromatic rings. The Labute approximate surface area is 89.7 Å². The van der Waals surface area contributed by atoms with E-state index < -0.39 is 0 Å². The zero-order chi connectivity index (χ0) is 8.55. The zero-order valence-corrected chi connectivity index (χ0v) is 8.87. The van der Waals surface area contributed by atoms with E-state index in [0.717, 1.165) is 18.0 Å². The minimum Gasteiger partial charge on any atom is -0.330 e. The van der Waals surface area contributed by atoms with Crippen molar-refractivity contribution in [2.45, 2.75) is 18.8 Å². The zero-order valence-electron chi connectivity index (χ0n) is 7.29. The van der Waals surface area contributed by atoms with E-state index in [1.807, 2.05) is 6.07 Å². The average Bonchev–Trinajstić information content (AvgIpc) is 2.46. The predicted octanol–water partition coefficient (Wildman–Crippen LogP) is 2.75. The summed E-state index contributed by atoms with van der Waals surface area (Å²) in [5.41, 5.74) is 8.45. The Morgan fingerprint density at radius 3 is 2.92 bits per heavy atom. The van der Waals surface area contributed by atoms with Gasteiger partial charge in [0.15, 0.2) is 0 Å². The normalized spacial score (nSPS) is 19.4. The van der Waals surface area contributed by atoms with Crippen LogP contribution in [0.2, 0.25) is 5.02 Å².